The van der Waals surface area contributed by atoms with Gasteiger partial charge < -0.3 is 9.88 Å². The zero-order chi connectivity index (χ0) is 20.2. The average molecular weight is 443 g/mol. The first-order valence-corrected chi connectivity index (χ1v) is 11.7. The predicted molar refractivity (Wildman–Crippen MR) is 123 cm³/mol. The molecule has 29 heavy (non-hydrogen) atoms. The predicted octanol–water partition coefficient (Wildman–Crippen LogP) is 5.28. The van der Waals surface area contributed by atoms with Gasteiger partial charge in [0.05, 0.1) is 16.8 Å². The highest BCUT2D eigenvalue weighted by Crippen LogP contribution is 2.45. The maximum atomic E-state index is 12.6. The van der Waals surface area contributed by atoms with Crippen LogP contribution < -0.4 is 10.9 Å². The summed E-state index contributed by atoms with van der Waals surface area (Å²) < 4.78 is 1.99. The van der Waals surface area contributed by atoms with Crippen molar-refractivity contribution in [1.29, 1.82) is 0 Å². The van der Waals surface area contributed by atoms with Crippen molar-refractivity contribution in [2.24, 2.45) is 0 Å². The Hall–Kier alpha value is -2.15. The van der Waals surface area contributed by atoms with Crippen LogP contribution in [0.3, 0.4) is 0 Å². The van der Waals surface area contributed by atoms with Gasteiger partial charge in [0.2, 0.25) is 0 Å². The molecule has 0 atom stereocenters. The van der Waals surface area contributed by atoms with Crippen molar-refractivity contribution in [3.63, 3.8) is 0 Å². The van der Waals surface area contributed by atoms with E-state index >= 15 is 0 Å². The summed E-state index contributed by atoms with van der Waals surface area (Å²) in [6, 6.07) is 18.2. The molecule has 1 aliphatic rings. The van der Waals surface area contributed by atoms with Gasteiger partial charge in [0, 0.05) is 34.4 Å². The molecule has 4 nitrogen and oxygen atoms in total. The molecule has 0 spiro atoms. The average Bonchev–Trinajstić information content (AvgIpc) is 3.27. The Morgan fingerprint density at radius 2 is 1.76 bits per heavy atom. The fraction of sp³-hybridized carbons (Fsp3) is 0.182. The van der Waals surface area contributed by atoms with Crippen molar-refractivity contribution >= 4 is 46.7 Å². The maximum absolute atomic E-state index is 12.6. The number of thioether (sulfide) groups is 2. The van der Waals surface area contributed by atoms with Gasteiger partial charge in [-0.3, -0.25) is 9.59 Å². The van der Waals surface area contributed by atoms with Crippen LogP contribution in [0.25, 0.3) is 0 Å². The maximum Gasteiger partial charge on any atom is 0.255 e. The van der Waals surface area contributed by atoms with Crippen LogP contribution in [-0.2, 0) is 6.54 Å². The van der Waals surface area contributed by atoms with Gasteiger partial charge in [-0.2, -0.15) is 0 Å². The number of pyridine rings is 1. The van der Waals surface area contributed by atoms with Gasteiger partial charge in [-0.05, 0) is 35.4 Å². The molecule has 1 saturated heterocycles. The molecule has 7 heteroatoms. The van der Waals surface area contributed by atoms with Gasteiger partial charge in [0.15, 0.2) is 0 Å². The smallest absolute Gasteiger partial charge is 0.255 e. The lowest BCUT2D eigenvalue weighted by Crippen LogP contribution is -2.21. The molecule has 1 amide bonds. The van der Waals surface area contributed by atoms with Crippen LogP contribution in [0, 0.1) is 0 Å². The highest BCUT2D eigenvalue weighted by Gasteiger charge is 2.18. The number of nitrogens with zero attached hydrogens (tertiary/aromatic N) is 1. The Morgan fingerprint density at radius 3 is 2.48 bits per heavy atom. The fourth-order valence-corrected chi connectivity index (χ4v) is 6.14. The Kier molecular flexibility index (Phi) is 6.33. The van der Waals surface area contributed by atoms with E-state index in [1.165, 1.54) is 27.7 Å². The number of amides is 1. The third-order valence-corrected chi connectivity index (χ3v) is 8.08. The second kappa shape index (κ2) is 9.11. The van der Waals surface area contributed by atoms with Crippen LogP contribution in [0.4, 0.5) is 5.69 Å². The number of carbonyl (C=O) groups excluding carboxylic acids is 1. The Bertz CT molecular complexity index is 1080. The lowest BCUT2D eigenvalue weighted by atomic mass is 10.1. The molecular weight excluding hydrogens is 424 g/mol. The first-order valence-electron chi connectivity index (χ1n) is 9.18. The molecule has 0 saturated carbocycles. The first-order chi connectivity index (χ1) is 14.1. The van der Waals surface area contributed by atoms with Crippen molar-refractivity contribution in [3.05, 3.63) is 98.9 Å². The van der Waals surface area contributed by atoms with Gasteiger partial charge in [-0.15, -0.1) is 23.5 Å². The summed E-state index contributed by atoms with van der Waals surface area (Å²) >= 11 is 10.1. The zero-order valence-electron chi connectivity index (χ0n) is 15.5. The van der Waals surface area contributed by atoms with Crippen LogP contribution in [0.2, 0.25) is 5.02 Å². The first kappa shape index (κ1) is 20.1. The van der Waals surface area contributed by atoms with Crippen molar-refractivity contribution in [2.75, 3.05) is 16.8 Å². The van der Waals surface area contributed by atoms with Gasteiger partial charge in [0.1, 0.15) is 0 Å². The highest BCUT2D eigenvalue weighted by atomic mass is 35.5. The van der Waals surface area contributed by atoms with Crippen LogP contribution in [0.5, 0.6) is 0 Å². The fourth-order valence-electron chi connectivity index (χ4n) is 3.08. The van der Waals surface area contributed by atoms with Crippen LogP contribution in [-0.4, -0.2) is 22.0 Å². The number of hydrogen-bond acceptors (Lipinski definition) is 4. The topological polar surface area (TPSA) is 51.1 Å². The summed E-state index contributed by atoms with van der Waals surface area (Å²) in [4.78, 5) is 24.8. The molecule has 1 fully saturated rings. The molecule has 0 unspecified atom stereocenters. The van der Waals surface area contributed by atoms with Crippen LogP contribution in [0.1, 0.15) is 26.1 Å². The number of anilines is 1. The number of benzene rings is 2. The number of rotatable bonds is 5. The van der Waals surface area contributed by atoms with E-state index in [0.717, 1.165) is 5.56 Å². The van der Waals surface area contributed by atoms with Crippen LogP contribution >= 0.6 is 35.1 Å². The second-order valence-electron chi connectivity index (χ2n) is 6.62. The Labute approximate surface area is 182 Å². The minimum Gasteiger partial charge on any atom is -0.321 e. The van der Waals surface area contributed by atoms with E-state index in [0.29, 0.717) is 27.4 Å². The molecule has 1 aromatic heterocycles. The molecule has 0 radical (unpaired) electrons. The molecule has 1 aliphatic heterocycles. The van der Waals surface area contributed by atoms with Crippen molar-refractivity contribution < 1.29 is 4.79 Å². The lowest BCUT2D eigenvalue weighted by molar-refractivity contribution is 0.102. The van der Waals surface area contributed by atoms with Gasteiger partial charge in [-0.25, -0.2) is 0 Å². The molecule has 2 heterocycles. The molecule has 0 aliphatic carbocycles. The minimum absolute atomic E-state index is 0.154. The number of halogens is 1. The monoisotopic (exact) mass is 442 g/mol. The third-order valence-electron chi connectivity index (χ3n) is 4.61. The molecular formula is C22H19ClN2O2S2. The molecule has 0 bridgehead atoms. The van der Waals surface area contributed by atoms with E-state index in [4.69, 9.17) is 11.6 Å². The number of hydrogen-bond donors (Lipinski definition) is 1. The summed E-state index contributed by atoms with van der Waals surface area (Å²) in [5, 5.41) is 3.48. The summed E-state index contributed by atoms with van der Waals surface area (Å²) in [7, 11) is 0. The van der Waals surface area contributed by atoms with Gasteiger partial charge >= 0.3 is 0 Å². The van der Waals surface area contributed by atoms with E-state index in [2.05, 4.69) is 5.32 Å². The molecule has 3 aromatic rings. The molecule has 4 rings (SSSR count). The molecule has 1 N–H and O–H groups in total. The normalized spacial score (nSPS) is 14.1. The standard InChI is InChI=1S/C22H19ClN2O2S2/c23-19-4-2-1-3-17(19)13-25-14-18(9-10-20(25)26)24-21(27)15-5-7-16(8-6-15)22-28-11-12-29-22/h1-10,14,22H,11-13H2,(H,24,27). The van der Waals surface area contributed by atoms with Gasteiger partial charge in [-0.1, -0.05) is 41.9 Å². The SMILES string of the molecule is O=C(Nc1ccc(=O)n(Cc2ccccc2Cl)c1)c1ccc(C2SCCS2)cc1. The van der Waals surface area contributed by atoms with Crippen molar-refractivity contribution in [2.45, 2.75) is 11.1 Å². The van der Waals surface area contributed by atoms with Crippen molar-refractivity contribution in [1.82, 2.24) is 4.57 Å². The zero-order valence-corrected chi connectivity index (χ0v) is 17.9. The number of carbonyl (C=O) groups is 1. The quantitative estimate of drug-likeness (QED) is 0.584. The van der Waals surface area contributed by atoms with E-state index in [1.807, 2.05) is 66.0 Å². The summed E-state index contributed by atoms with van der Waals surface area (Å²) in [6.45, 7) is 0.341. The van der Waals surface area contributed by atoms with E-state index in [1.54, 1.807) is 18.3 Å². The summed E-state index contributed by atoms with van der Waals surface area (Å²) in [5.74, 6) is 2.13. The van der Waals surface area contributed by atoms with Crippen LogP contribution in [0.15, 0.2) is 71.7 Å². The Balaban J connectivity index is 1.48. The minimum atomic E-state index is -0.203. The van der Waals surface area contributed by atoms with E-state index < -0.39 is 0 Å². The van der Waals surface area contributed by atoms with E-state index in [-0.39, 0.29) is 11.5 Å². The highest BCUT2D eigenvalue weighted by molar-refractivity contribution is 8.19. The summed E-state index contributed by atoms with van der Waals surface area (Å²) in [6.07, 6.45) is 1.64. The lowest BCUT2D eigenvalue weighted by Gasteiger charge is -2.12. The molecule has 2 aromatic carbocycles. The van der Waals surface area contributed by atoms with E-state index in [9.17, 15) is 9.59 Å². The Morgan fingerprint density at radius 1 is 1.03 bits per heavy atom. The second-order valence-corrected chi connectivity index (χ2v) is 9.76. The third kappa shape index (κ3) is 4.89. The van der Waals surface area contributed by atoms with Crippen molar-refractivity contribution in [3.8, 4) is 0 Å². The summed E-state index contributed by atoms with van der Waals surface area (Å²) in [5.41, 5.74) is 3.08. The largest absolute Gasteiger partial charge is 0.321 e. The van der Waals surface area contributed by atoms with Gasteiger partial charge in [0.25, 0.3) is 11.5 Å². The molecule has 148 valence electrons. The number of aromatic nitrogens is 1. The number of nitrogens with one attached hydrogen (secondary N) is 1.